The fraction of sp³-hybridized carbons (Fsp3) is 0. The van der Waals surface area contributed by atoms with Gasteiger partial charge in [0.15, 0.2) is 17.5 Å². The van der Waals surface area contributed by atoms with Crippen molar-refractivity contribution in [2.24, 2.45) is 0 Å². The molecule has 8 aromatic carbocycles. The second-order valence-corrected chi connectivity index (χ2v) is 12.7. The zero-order valence-corrected chi connectivity index (χ0v) is 28.1. The van der Waals surface area contributed by atoms with E-state index in [1.54, 1.807) is 0 Å². The molecule has 52 heavy (non-hydrogen) atoms. The van der Waals surface area contributed by atoms with Crippen molar-refractivity contribution in [3.8, 4) is 73.6 Å². The molecule has 1 heterocycles. The molecule has 0 saturated carbocycles. The summed E-state index contributed by atoms with van der Waals surface area (Å²) in [5.41, 5.74) is 10.2. The highest BCUT2D eigenvalue weighted by Gasteiger charge is 2.20. The van der Waals surface area contributed by atoms with Crippen molar-refractivity contribution in [1.82, 2.24) is 15.0 Å². The van der Waals surface area contributed by atoms with Crippen LogP contribution in [-0.4, -0.2) is 15.0 Å². The van der Waals surface area contributed by atoms with Crippen LogP contribution in [0.4, 0.5) is 0 Å². The predicted molar refractivity (Wildman–Crippen MR) is 212 cm³/mol. The number of fused-ring (bicyclic) bond motifs is 3. The van der Waals surface area contributed by atoms with Gasteiger partial charge in [0.05, 0.1) is 11.6 Å². The summed E-state index contributed by atoms with van der Waals surface area (Å²) in [5.74, 6) is 1.88. The first-order valence-electron chi connectivity index (χ1n) is 17.3. The van der Waals surface area contributed by atoms with Crippen LogP contribution in [-0.2, 0) is 0 Å². The van der Waals surface area contributed by atoms with E-state index in [0.717, 1.165) is 55.3 Å². The van der Waals surface area contributed by atoms with Gasteiger partial charge < -0.3 is 0 Å². The maximum atomic E-state index is 9.31. The third-order valence-electron chi connectivity index (χ3n) is 9.57. The molecule has 0 aliphatic heterocycles. The predicted octanol–water partition coefficient (Wildman–Crippen LogP) is 12.1. The van der Waals surface area contributed by atoms with Crippen molar-refractivity contribution < 1.29 is 0 Å². The Hall–Kier alpha value is -7.22. The number of nitrogens with zero attached hydrogens (tertiary/aromatic N) is 4. The molecule has 4 heteroatoms. The fourth-order valence-electron chi connectivity index (χ4n) is 7.04. The highest BCUT2D eigenvalue weighted by molar-refractivity contribution is 6.22. The van der Waals surface area contributed by atoms with Gasteiger partial charge in [-0.2, -0.15) is 5.26 Å². The maximum Gasteiger partial charge on any atom is 0.164 e. The Morgan fingerprint density at radius 2 is 0.692 bits per heavy atom. The number of hydrogen-bond acceptors (Lipinski definition) is 4. The van der Waals surface area contributed by atoms with Gasteiger partial charge in [-0.25, -0.2) is 15.0 Å². The third-order valence-corrected chi connectivity index (χ3v) is 9.57. The van der Waals surface area contributed by atoms with Crippen molar-refractivity contribution >= 4 is 21.5 Å². The van der Waals surface area contributed by atoms with Gasteiger partial charge in [0.2, 0.25) is 0 Å². The molecule has 0 atom stereocenters. The minimum atomic E-state index is 0.617. The fourth-order valence-corrected chi connectivity index (χ4v) is 7.04. The Kier molecular flexibility index (Phi) is 7.85. The molecule has 1 aromatic heterocycles. The third kappa shape index (κ3) is 5.67. The first-order chi connectivity index (χ1) is 25.7. The standard InChI is InChI=1S/C48H30N4/c49-31-32-20-22-33(23-21-32)34-24-26-36(27-25-34)45-43-30-39(28-29-41(43)40-18-10-11-19-42(40)44(45)35-12-4-1-5-13-35)48-51-46(37-14-6-2-7-15-37)50-47(52-48)38-16-8-3-9-17-38/h1-30H. The van der Waals surface area contributed by atoms with Gasteiger partial charge in [0.25, 0.3) is 0 Å². The summed E-state index contributed by atoms with van der Waals surface area (Å²) in [4.78, 5) is 15.1. The summed E-state index contributed by atoms with van der Waals surface area (Å²) in [5, 5.41) is 14.0. The van der Waals surface area contributed by atoms with Crippen LogP contribution in [0.3, 0.4) is 0 Å². The van der Waals surface area contributed by atoms with Gasteiger partial charge in [-0.05, 0) is 73.1 Å². The average Bonchev–Trinajstić information content (AvgIpc) is 3.24. The Labute approximate surface area is 302 Å². The Morgan fingerprint density at radius 1 is 0.308 bits per heavy atom. The first-order valence-corrected chi connectivity index (χ1v) is 17.3. The zero-order chi connectivity index (χ0) is 34.9. The molecule has 0 N–H and O–H groups in total. The summed E-state index contributed by atoms with van der Waals surface area (Å²) in [7, 11) is 0. The zero-order valence-electron chi connectivity index (χ0n) is 28.1. The summed E-state index contributed by atoms with van der Waals surface area (Å²) in [6.07, 6.45) is 0. The lowest BCUT2D eigenvalue weighted by molar-refractivity contribution is 1.07. The molecule has 4 nitrogen and oxygen atoms in total. The number of nitriles is 1. The van der Waals surface area contributed by atoms with E-state index >= 15 is 0 Å². The van der Waals surface area contributed by atoms with E-state index in [0.29, 0.717) is 23.0 Å². The number of rotatable bonds is 6. The normalized spacial score (nSPS) is 11.1. The monoisotopic (exact) mass is 662 g/mol. The summed E-state index contributed by atoms with van der Waals surface area (Å²) >= 11 is 0. The first kappa shape index (κ1) is 30.8. The van der Waals surface area contributed by atoms with Gasteiger partial charge in [0, 0.05) is 16.7 Å². The summed E-state index contributed by atoms with van der Waals surface area (Å²) in [6, 6.07) is 64.8. The molecule has 0 unspecified atom stereocenters. The van der Waals surface area contributed by atoms with Crippen molar-refractivity contribution in [1.29, 1.82) is 5.26 Å². The van der Waals surface area contributed by atoms with Gasteiger partial charge in [-0.3, -0.25) is 0 Å². The SMILES string of the molecule is N#Cc1ccc(-c2ccc(-c3c(-c4ccccc4)c4ccccc4c4ccc(-c5nc(-c6ccccc6)nc(-c6ccccc6)n5)cc34)cc2)cc1. The highest BCUT2D eigenvalue weighted by Crippen LogP contribution is 2.45. The van der Waals surface area contributed by atoms with Crippen LogP contribution in [0.2, 0.25) is 0 Å². The lowest BCUT2D eigenvalue weighted by Gasteiger charge is -2.19. The second-order valence-electron chi connectivity index (χ2n) is 12.7. The summed E-state index contributed by atoms with van der Waals surface area (Å²) in [6.45, 7) is 0. The van der Waals surface area contributed by atoms with Crippen molar-refractivity contribution in [2.75, 3.05) is 0 Å². The Morgan fingerprint density at radius 3 is 1.25 bits per heavy atom. The van der Waals surface area contributed by atoms with Crippen LogP contribution in [0.5, 0.6) is 0 Å². The van der Waals surface area contributed by atoms with Crippen LogP contribution in [0.15, 0.2) is 182 Å². The molecule has 9 aromatic rings. The Bertz CT molecular complexity index is 2690. The molecule has 0 spiro atoms. The van der Waals surface area contributed by atoms with E-state index in [4.69, 9.17) is 15.0 Å². The molecule has 242 valence electrons. The largest absolute Gasteiger partial charge is 0.208 e. The summed E-state index contributed by atoms with van der Waals surface area (Å²) < 4.78 is 0. The van der Waals surface area contributed by atoms with E-state index in [1.165, 1.54) is 16.3 Å². The topological polar surface area (TPSA) is 62.5 Å². The second kappa shape index (κ2) is 13.2. The smallest absolute Gasteiger partial charge is 0.164 e. The molecule has 0 amide bonds. The molecule has 0 aliphatic carbocycles. The van der Waals surface area contributed by atoms with E-state index in [2.05, 4.69) is 103 Å². The minimum absolute atomic E-state index is 0.617. The van der Waals surface area contributed by atoms with Gasteiger partial charge >= 0.3 is 0 Å². The average molecular weight is 663 g/mol. The van der Waals surface area contributed by atoms with Crippen LogP contribution in [0.25, 0.3) is 89.1 Å². The number of aromatic nitrogens is 3. The molecular weight excluding hydrogens is 633 g/mol. The van der Waals surface area contributed by atoms with Crippen LogP contribution >= 0.6 is 0 Å². The van der Waals surface area contributed by atoms with Crippen molar-refractivity contribution in [2.45, 2.75) is 0 Å². The van der Waals surface area contributed by atoms with Crippen LogP contribution in [0, 0.1) is 11.3 Å². The molecule has 9 rings (SSSR count). The molecule has 0 saturated heterocycles. The van der Waals surface area contributed by atoms with Crippen LogP contribution in [0.1, 0.15) is 5.56 Å². The quantitative estimate of drug-likeness (QED) is 0.166. The van der Waals surface area contributed by atoms with Gasteiger partial charge in [0.1, 0.15) is 0 Å². The molecular formula is C48H30N4. The lowest BCUT2D eigenvalue weighted by Crippen LogP contribution is -2.00. The molecule has 0 bridgehead atoms. The van der Waals surface area contributed by atoms with E-state index in [9.17, 15) is 5.26 Å². The Balaban J connectivity index is 1.31. The molecule has 0 fully saturated rings. The molecule has 0 radical (unpaired) electrons. The van der Waals surface area contributed by atoms with Gasteiger partial charge in [-0.1, -0.05) is 164 Å². The van der Waals surface area contributed by atoms with E-state index in [-0.39, 0.29) is 0 Å². The van der Waals surface area contributed by atoms with Crippen molar-refractivity contribution in [3.05, 3.63) is 188 Å². The van der Waals surface area contributed by atoms with Crippen molar-refractivity contribution in [3.63, 3.8) is 0 Å². The highest BCUT2D eigenvalue weighted by atomic mass is 15.0. The van der Waals surface area contributed by atoms with Gasteiger partial charge in [-0.15, -0.1) is 0 Å². The van der Waals surface area contributed by atoms with E-state index in [1.807, 2.05) is 84.9 Å². The maximum absolute atomic E-state index is 9.31. The molecule has 0 aliphatic rings. The van der Waals surface area contributed by atoms with E-state index < -0.39 is 0 Å². The number of benzene rings is 8. The lowest BCUT2D eigenvalue weighted by atomic mass is 9.84. The van der Waals surface area contributed by atoms with Crippen LogP contribution < -0.4 is 0 Å². The minimum Gasteiger partial charge on any atom is -0.208 e. The number of hydrogen-bond donors (Lipinski definition) is 0.